The van der Waals surface area contributed by atoms with Gasteiger partial charge < -0.3 is 16.0 Å². The van der Waals surface area contributed by atoms with Gasteiger partial charge >= 0.3 is 0 Å². The lowest BCUT2D eigenvalue weighted by Gasteiger charge is -2.29. The molecule has 100 valence electrons. The lowest BCUT2D eigenvalue weighted by molar-refractivity contribution is -0.123. The van der Waals surface area contributed by atoms with E-state index in [-0.39, 0.29) is 5.91 Å². The van der Waals surface area contributed by atoms with Gasteiger partial charge in [0.25, 0.3) is 0 Å². The van der Waals surface area contributed by atoms with Crippen molar-refractivity contribution in [3.8, 4) is 0 Å². The second-order valence-corrected chi connectivity index (χ2v) is 6.44. The van der Waals surface area contributed by atoms with Crippen LogP contribution in [0, 0.1) is 0 Å². The Morgan fingerprint density at radius 2 is 2.06 bits per heavy atom. The van der Waals surface area contributed by atoms with Crippen LogP contribution in [0.1, 0.15) is 19.8 Å². The molecule has 6 heteroatoms. The Kier molecular flexibility index (Phi) is 5.55. The number of hydrogen-bond acceptors (Lipinski definition) is 4. The van der Waals surface area contributed by atoms with E-state index in [0.29, 0.717) is 0 Å². The average Bonchev–Trinajstić information content (AvgIpc) is 2.31. The molecule has 1 unspecified atom stereocenters. The number of nitrogens with zero attached hydrogens (tertiary/aromatic N) is 1. The summed E-state index contributed by atoms with van der Waals surface area (Å²) in [5.74, 6) is 1.25. The quantitative estimate of drug-likeness (QED) is 0.662. The number of likely N-dealkylation sites (N-methyl/N-ethyl adjacent to an activating group) is 1. The molecular formula is C11H23N3O2S. The summed E-state index contributed by atoms with van der Waals surface area (Å²) in [6.45, 7) is 4.58. The zero-order valence-corrected chi connectivity index (χ0v) is 11.5. The predicted octanol–water partition coefficient (Wildman–Crippen LogP) is -0.706. The van der Waals surface area contributed by atoms with E-state index in [2.05, 4.69) is 10.2 Å². The van der Waals surface area contributed by atoms with E-state index in [1.807, 2.05) is 6.92 Å². The van der Waals surface area contributed by atoms with Gasteiger partial charge in [-0.2, -0.15) is 0 Å². The van der Waals surface area contributed by atoms with Crippen molar-refractivity contribution >= 4 is 16.7 Å². The summed E-state index contributed by atoms with van der Waals surface area (Å²) in [6.07, 6.45) is 1.66. The van der Waals surface area contributed by atoms with Crippen LogP contribution in [0.3, 0.4) is 0 Å². The normalized spacial score (nSPS) is 22.2. The van der Waals surface area contributed by atoms with Gasteiger partial charge in [-0.3, -0.25) is 9.00 Å². The molecule has 1 aliphatic heterocycles. The minimum Gasteiger partial charge on any atom is -0.368 e. The first-order chi connectivity index (χ1) is 7.98. The molecule has 0 bridgehead atoms. The van der Waals surface area contributed by atoms with Gasteiger partial charge in [0.05, 0.1) is 5.54 Å². The molecule has 3 N–H and O–H groups in total. The van der Waals surface area contributed by atoms with Crippen molar-refractivity contribution in [1.29, 1.82) is 0 Å². The Morgan fingerprint density at radius 1 is 1.47 bits per heavy atom. The maximum Gasteiger partial charge on any atom is 0.237 e. The first-order valence-electron chi connectivity index (χ1n) is 6.04. The van der Waals surface area contributed by atoms with E-state index >= 15 is 0 Å². The van der Waals surface area contributed by atoms with Crippen molar-refractivity contribution in [3.05, 3.63) is 0 Å². The molecule has 1 rings (SSSR count). The molecular weight excluding hydrogens is 238 g/mol. The van der Waals surface area contributed by atoms with Gasteiger partial charge in [0.1, 0.15) is 0 Å². The van der Waals surface area contributed by atoms with Crippen LogP contribution in [0.5, 0.6) is 0 Å². The Labute approximate surface area is 106 Å². The molecule has 0 aromatic rings. The van der Waals surface area contributed by atoms with Crippen molar-refractivity contribution in [2.24, 2.45) is 5.73 Å². The molecule has 0 spiro atoms. The van der Waals surface area contributed by atoms with Gasteiger partial charge in [-0.05, 0) is 33.4 Å². The number of carbonyl (C=O) groups is 1. The van der Waals surface area contributed by atoms with Gasteiger partial charge in [-0.1, -0.05) is 0 Å². The van der Waals surface area contributed by atoms with E-state index in [4.69, 9.17) is 5.73 Å². The monoisotopic (exact) mass is 261 g/mol. The maximum atomic E-state index is 11.3. The standard InChI is InChI=1S/C11H23N3O2S/c1-11(13-2,10(12)15)4-3-5-14-6-8-17(16)9-7-14/h13H,3-9H2,1-2H3,(H2,12,15). The number of nitrogens with two attached hydrogens (primary N) is 1. The molecule has 1 atom stereocenters. The Morgan fingerprint density at radius 3 is 2.53 bits per heavy atom. The predicted molar refractivity (Wildman–Crippen MR) is 70.2 cm³/mol. The average molecular weight is 261 g/mol. The summed E-state index contributed by atoms with van der Waals surface area (Å²) in [5, 5.41) is 2.98. The van der Waals surface area contributed by atoms with E-state index in [1.54, 1.807) is 7.05 Å². The fourth-order valence-electron chi connectivity index (χ4n) is 1.93. The smallest absolute Gasteiger partial charge is 0.237 e. The van der Waals surface area contributed by atoms with Crippen LogP contribution in [-0.4, -0.2) is 58.7 Å². The number of amides is 1. The third-order valence-corrected chi connectivity index (χ3v) is 4.79. The lowest BCUT2D eigenvalue weighted by Crippen LogP contribution is -2.51. The molecule has 1 fully saturated rings. The van der Waals surface area contributed by atoms with E-state index < -0.39 is 16.3 Å². The van der Waals surface area contributed by atoms with Crippen LogP contribution < -0.4 is 11.1 Å². The molecule has 0 saturated carbocycles. The molecule has 1 saturated heterocycles. The summed E-state index contributed by atoms with van der Waals surface area (Å²) in [5.41, 5.74) is 4.75. The van der Waals surface area contributed by atoms with Crippen LogP contribution in [0.2, 0.25) is 0 Å². The third-order valence-electron chi connectivity index (χ3n) is 3.52. The van der Waals surface area contributed by atoms with Crippen molar-refractivity contribution in [1.82, 2.24) is 10.2 Å². The number of nitrogens with one attached hydrogen (secondary N) is 1. The third kappa shape index (κ3) is 4.37. The van der Waals surface area contributed by atoms with Gasteiger partial charge in [0, 0.05) is 35.4 Å². The molecule has 17 heavy (non-hydrogen) atoms. The van der Waals surface area contributed by atoms with Gasteiger partial charge in [0.2, 0.25) is 5.91 Å². The molecule has 0 aromatic heterocycles. The van der Waals surface area contributed by atoms with Crippen LogP contribution in [0.15, 0.2) is 0 Å². The van der Waals surface area contributed by atoms with E-state index in [0.717, 1.165) is 44.0 Å². The molecule has 0 aliphatic carbocycles. The fraction of sp³-hybridized carbons (Fsp3) is 0.909. The van der Waals surface area contributed by atoms with Crippen LogP contribution in [0.4, 0.5) is 0 Å². The highest BCUT2D eigenvalue weighted by molar-refractivity contribution is 7.85. The number of primary amides is 1. The SMILES string of the molecule is CNC(C)(CCCN1CCS(=O)CC1)C(N)=O. The van der Waals surface area contributed by atoms with Crippen molar-refractivity contribution < 1.29 is 9.00 Å². The first kappa shape index (κ1) is 14.6. The zero-order chi connectivity index (χ0) is 12.9. The summed E-state index contributed by atoms with van der Waals surface area (Å²) in [6, 6.07) is 0. The van der Waals surface area contributed by atoms with Gasteiger partial charge in [-0.25, -0.2) is 0 Å². The van der Waals surface area contributed by atoms with Gasteiger partial charge in [-0.15, -0.1) is 0 Å². The summed E-state index contributed by atoms with van der Waals surface area (Å²) >= 11 is 0. The van der Waals surface area contributed by atoms with Crippen molar-refractivity contribution in [2.75, 3.05) is 38.2 Å². The Balaban J connectivity index is 2.27. The zero-order valence-electron chi connectivity index (χ0n) is 10.7. The number of hydrogen-bond donors (Lipinski definition) is 2. The second kappa shape index (κ2) is 6.47. The van der Waals surface area contributed by atoms with Crippen molar-refractivity contribution in [2.45, 2.75) is 25.3 Å². The Hall–Kier alpha value is -0.460. The largest absolute Gasteiger partial charge is 0.368 e. The highest BCUT2D eigenvalue weighted by Crippen LogP contribution is 2.12. The Bertz CT molecular complexity index is 288. The number of carbonyl (C=O) groups excluding carboxylic acids is 1. The lowest BCUT2D eigenvalue weighted by atomic mass is 9.95. The fourth-order valence-corrected chi connectivity index (χ4v) is 3.05. The second-order valence-electron chi connectivity index (χ2n) is 4.74. The minimum absolute atomic E-state index is 0.306. The highest BCUT2D eigenvalue weighted by atomic mass is 32.2. The van der Waals surface area contributed by atoms with E-state index in [1.165, 1.54) is 0 Å². The molecule has 5 nitrogen and oxygen atoms in total. The van der Waals surface area contributed by atoms with Crippen LogP contribution >= 0.6 is 0 Å². The summed E-state index contributed by atoms with van der Waals surface area (Å²) in [7, 11) is 1.14. The maximum absolute atomic E-state index is 11.3. The van der Waals surface area contributed by atoms with Crippen molar-refractivity contribution in [3.63, 3.8) is 0 Å². The minimum atomic E-state index is -0.621. The summed E-state index contributed by atoms with van der Waals surface area (Å²) in [4.78, 5) is 13.6. The van der Waals surface area contributed by atoms with Crippen LogP contribution in [-0.2, 0) is 15.6 Å². The topological polar surface area (TPSA) is 75.4 Å². The summed E-state index contributed by atoms with van der Waals surface area (Å²) < 4.78 is 11.2. The highest BCUT2D eigenvalue weighted by Gasteiger charge is 2.28. The molecule has 1 heterocycles. The first-order valence-corrected chi connectivity index (χ1v) is 7.53. The molecule has 1 aliphatic rings. The molecule has 0 aromatic carbocycles. The van der Waals surface area contributed by atoms with Crippen LogP contribution in [0.25, 0.3) is 0 Å². The van der Waals surface area contributed by atoms with E-state index in [9.17, 15) is 9.00 Å². The van der Waals surface area contributed by atoms with Gasteiger partial charge in [0.15, 0.2) is 0 Å². The molecule has 1 amide bonds. The number of rotatable bonds is 6. The molecule has 0 radical (unpaired) electrons.